The maximum absolute atomic E-state index is 12.5. The third kappa shape index (κ3) is 6.82. The highest BCUT2D eigenvalue weighted by atomic mass is 19.4. The number of nitrogens with zero attached hydrogens (tertiary/aromatic N) is 3. The summed E-state index contributed by atoms with van der Waals surface area (Å²) in [6.07, 6.45) is -3.95. The Kier molecular flexibility index (Phi) is 7.76. The normalized spacial score (nSPS) is 11.6. The minimum Gasteiger partial charge on any atom is -0.405 e. The molecule has 28 heavy (non-hydrogen) atoms. The van der Waals surface area contributed by atoms with Gasteiger partial charge in [0.1, 0.15) is 5.75 Å². The van der Waals surface area contributed by atoms with E-state index in [1.165, 1.54) is 29.1 Å². The molecule has 1 heterocycles. The van der Waals surface area contributed by atoms with Gasteiger partial charge in [0.05, 0.1) is 12.7 Å². The second-order valence-corrected chi connectivity index (χ2v) is 5.50. The number of para-hydroxylation sites is 1. The van der Waals surface area contributed by atoms with Crippen LogP contribution in [0.15, 0.2) is 30.5 Å². The summed E-state index contributed by atoms with van der Waals surface area (Å²) in [5.74, 6) is -0.965. The van der Waals surface area contributed by atoms with Gasteiger partial charge in [-0.15, -0.1) is 18.3 Å². The van der Waals surface area contributed by atoms with Gasteiger partial charge in [-0.2, -0.15) is 0 Å². The van der Waals surface area contributed by atoms with Gasteiger partial charge in [-0.3, -0.25) is 4.79 Å². The van der Waals surface area contributed by atoms with Crippen molar-refractivity contribution in [3.8, 4) is 5.75 Å². The molecular formula is C17H21F3N4O4. The molecule has 0 fully saturated rings. The molecule has 0 aliphatic carbocycles. The highest BCUT2D eigenvalue weighted by molar-refractivity contribution is 5.91. The smallest absolute Gasteiger partial charge is 0.405 e. The number of nitrogens with one attached hydrogen (secondary N) is 1. The van der Waals surface area contributed by atoms with E-state index in [1.54, 1.807) is 6.07 Å². The number of alkyl halides is 3. The largest absolute Gasteiger partial charge is 0.573 e. The molecule has 0 bridgehead atoms. The molecule has 0 atom stereocenters. The van der Waals surface area contributed by atoms with E-state index in [0.29, 0.717) is 13.2 Å². The number of hydrogen-bond donors (Lipinski definition) is 1. The van der Waals surface area contributed by atoms with Gasteiger partial charge in [0.2, 0.25) is 0 Å². The monoisotopic (exact) mass is 402 g/mol. The Labute approximate surface area is 159 Å². The van der Waals surface area contributed by atoms with Crippen LogP contribution in [0.1, 0.15) is 29.9 Å². The fraction of sp³-hybridized carbons (Fsp3) is 0.471. The minimum absolute atomic E-state index is 0.0148. The zero-order valence-corrected chi connectivity index (χ0v) is 15.4. The first-order chi connectivity index (χ1) is 13.3. The zero-order chi connectivity index (χ0) is 20.6. The summed E-state index contributed by atoms with van der Waals surface area (Å²) in [4.78, 5) is 12.2. The third-order valence-electron chi connectivity index (χ3n) is 3.45. The topological polar surface area (TPSA) is 87.5 Å². The Morgan fingerprint density at radius 2 is 1.89 bits per heavy atom. The van der Waals surface area contributed by atoms with E-state index in [4.69, 9.17) is 9.47 Å². The number of hydrogen-bond acceptors (Lipinski definition) is 6. The highest BCUT2D eigenvalue weighted by Gasteiger charge is 2.32. The molecule has 0 radical (unpaired) electrons. The molecule has 1 N–H and O–H groups in total. The molecular weight excluding hydrogens is 381 g/mol. The van der Waals surface area contributed by atoms with Crippen LogP contribution >= 0.6 is 0 Å². The standard InChI is InChI=1S/C17H21F3N4O4/c1-3-26-15(27-4-2)11-24-10-13(22-23-24)16(25)21-9-12-7-5-6-8-14(12)28-17(18,19)20/h5-8,10,15H,3-4,9,11H2,1-2H3,(H,21,25). The summed E-state index contributed by atoms with van der Waals surface area (Å²) >= 11 is 0. The molecule has 8 nitrogen and oxygen atoms in total. The fourth-order valence-electron chi connectivity index (χ4n) is 2.31. The molecule has 0 unspecified atom stereocenters. The number of benzene rings is 1. The van der Waals surface area contributed by atoms with E-state index in [2.05, 4.69) is 20.4 Å². The van der Waals surface area contributed by atoms with E-state index in [-0.39, 0.29) is 30.1 Å². The SMILES string of the molecule is CCOC(Cn1cc(C(=O)NCc2ccccc2OC(F)(F)F)nn1)OCC. The van der Waals surface area contributed by atoms with Gasteiger partial charge in [0.15, 0.2) is 12.0 Å². The van der Waals surface area contributed by atoms with Crippen LogP contribution < -0.4 is 10.1 Å². The number of carbonyl (C=O) groups excluding carboxylic acids is 1. The Hall–Kier alpha value is -2.66. The maximum atomic E-state index is 12.5. The maximum Gasteiger partial charge on any atom is 0.573 e. The van der Waals surface area contributed by atoms with Crippen LogP contribution in [0.2, 0.25) is 0 Å². The lowest BCUT2D eigenvalue weighted by atomic mass is 10.2. The number of aromatic nitrogens is 3. The van der Waals surface area contributed by atoms with Gasteiger partial charge in [-0.25, -0.2) is 4.68 Å². The number of amides is 1. The Bertz CT molecular complexity index is 761. The van der Waals surface area contributed by atoms with Crippen molar-refractivity contribution < 1.29 is 32.2 Å². The minimum atomic E-state index is -4.82. The van der Waals surface area contributed by atoms with Crippen molar-refractivity contribution in [2.24, 2.45) is 0 Å². The number of rotatable bonds is 10. The Balaban J connectivity index is 1.97. The number of carbonyl (C=O) groups is 1. The summed E-state index contributed by atoms with van der Waals surface area (Å²) in [5, 5.41) is 10.1. The summed E-state index contributed by atoms with van der Waals surface area (Å²) in [6, 6.07) is 5.55. The van der Waals surface area contributed by atoms with E-state index in [9.17, 15) is 18.0 Å². The quantitative estimate of drug-likeness (QED) is 0.615. The van der Waals surface area contributed by atoms with Crippen LogP contribution in [0.5, 0.6) is 5.75 Å². The van der Waals surface area contributed by atoms with Crippen LogP contribution in [-0.2, 0) is 22.6 Å². The molecule has 11 heteroatoms. The Morgan fingerprint density at radius 1 is 1.21 bits per heavy atom. The van der Waals surface area contributed by atoms with Crippen LogP contribution in [-0.4, -0.2) is 46.8 Å². The first-order valence-electron chi connectivity index (χ1n) is 8.57. The highest BCUT2D eigenvalue weighted by Crippen LogP contribution is 2.26. The fourth-order valence-corrected chi connectivity index (χ4v) is 2.31. The van der Waals surface area contributed by atoms with Crippen LogP contribution in [0.3, 0.4) is 0 Å². The van der Waals surface area contributed by atoms with Gasteiger partial charge in [0.25, 0.3) is 5.91 Å². The summed E-state index contributed by atoms with van der Waals surface area (Å²) in [7, 11) is 0. The van der Waals surface area contributed by atoms with Gasteiger partial charge in [0, 0.05) is 25.3 Å². The van der Waals surface area contributed by atoms with E-state index in [0.717, 1.165) is 0 Å². The summed E-state index contributed by atoms with van der Waals surface area (Å²) in [5.41, 5.74) is 0.189. The molecule has 1 aromatic carbocycles. The van der Waals surface area contributed by atoms with E-state index < -0.39 is 18.6 Å². The van der Waals surface area contributed by atoms with Crippen molar-refractivity contribution in [1.82, 2.24) is 20.3 Å². The van der Waals surface area contributed by atoms with Crippen LogP contribution in [0.25, 0.3) is 0 Å². The molecule has 154 valence electrons. The summed E-state index contributed by atoms with van der Waals surface area (Å²) < 4.78 is 53.5. The lowest BCUT2D eigenvalue weighted by Crippen LogP contribution is -2.25. The second kappa shape index (κ2) is 10.0. The second-order valence-electron chi connectivity index (χ2n) is 5.50. The molecule has 0 aliphatic rings. The van der Waals surface area contributed by atoms with Crippen molar-refractivity contribution in [3.63, 3.8) is 0 Å². The molecule has 2 aromatic rings. The van der Waals surface area contributed by atoms with Gasteiger partial charge in [-0.05, 0) is 19.9 Å². The van der Waals surface area contributed by atoms with Gasteiger partial charge >= 0.3 is 6.36 Å². The van der Waals surface area contributed by atoms with Crippen LogP contribution in [0.4, 0.5) is 13.2 Å². The third-order valence-corrected chi connectivity index (χ3v) is 3.45. The predicted octanol–water partition coefficient (Wildman–Crippen LogP) is 2.51. The molecule has 2 rings (SSSR count). The number of ether oxygens (including phenoxy) is 3. The predicted molar refractivity (Wildman–Crippen MR) is 91.4 cm³/mol. The van der Waals surface area contributed by atoms with Crippen molar-refractivity contribution in [2.45, 2.75) is 39.6 Å². The van der Waals surface area contributed by atoms with E-state index >= 15 is 0 Å². The lowest BCUT2D eigenvalue weighted by molar-refractivity contribution is -0.274. The zero-order valence-electron chi connectivity index (χ0n) is 15.4. The van der Waals surface area contributed by atoms with Crippen molar-refractivity contribution in [3.05, 3.63) is 41.7 Å². The van der Waals surface area contributed by atoms with E-state index in [1.807, 2.05) is 13.8 Å². The average molecular weight is 402 g/mol. The van der Waals surface area contributed by atoms with Crippen molar-refractivity contribution >= 4 is 5.91 Å². The summed E-state index contributed by atoms with van der Waals surface area (Å²) in [6.45, 7) is 4.63. The Morgan fingerprint density at radius 3 is 2.54 bits per heavy atom. The van der Waals surface area contributed by atoms with Gasteiger partial charge in [-0.1, -0.05) is 23.4 Å². The molecule has 0 aliphatic heterocycles. The number of halogens is 3. The molecule has 1 aromatic heterocycles. The molecule has 0 spiro atoms. The molecule has 0 saturated carbocycles. The molecule has 1 amide bonds. The lowest BCUT2D eigenvalue weighted by Gasteiger charge is -2.16. The van der Waals surface area contributed by atoms with Gasteiger partial charge < -0.3 is 19.5 Å². The average Bonchev–Trinajstić information content (AvgIpc) is 3.08. The first-order valence-corrected chi connectivity index (χ1v) is 8.57. The van der Waals surface area contributed by atoms with Crippen molar-refractivity contribution in [2.75, 3.05) is 13.2 Å². The molecule has 0 saturated heterocycles. The van der Waals surface area contributed by atoms with Crippen LogP contribution in [0, 0.1) is 0 Å². The first kappa shape index (κ1) is 21.6. The van der Waals surface area contributed by atoms with Crippen molar-refractivity contribution in [1.29, 1.82) is 0 Å².